The fourth-order valence-corrected chi connectivity index (χ4v) is 1.58. The molecule has 2 amide bonds. The maximum Gasteiger partial charge on any atom is 0.326 e. The molecule has 2 atom stereocenters. The molecule has 0 saturated heterocycles. The van der Waals surface area contributed by atoms with Crippen molar-refractivity contribution in [1.82, 2.24) is 15.5 Å². The number of urea groups is 1. The number of carbonyl (C=O) groups is 2. The first-order valence-electron chi connectivity index (χ1n) is 6.77. The first-order chi connectivity index (χ1) is 8.79. The average molecular weight is 273 g/mol. The predicted molar refractivity (Wildman–Crippen MR) is 75.2 cm³/mol. The second-order valence-electron chi connectivity index (χ2n) is 5.20. The standard InChI is InChI=1S/C13H27N3O3/c1-6-10(4)16(5)8-7-14-13(19)15-11(9(2)3)12(17)18/h9-11H,6-8H2,1-5H3,(H,17,18)(H2,14,15,19)/t10?,11-/m0/s1. The van der Waals surface area contributed by atoms with Crippen molar-refractivity contribution in [2.24, 2.45) is 5.92 Å². The van der Waals surface area contributed by atoms with Gasteiger partial charge in [0.25, 0.3) is 0 Å². The van der Waals surface area contributed by atoms with Crippen molar-refractivity contribution in [2.45, 2.75) is 46.2 Å². The summed E-state index contributed by atoms with van der Waals surface area (Å²) in [5.74, 6) is -1.16. The summed E-state index contributed by atoms with van der Waals surface area (Å²) in [6, 6.07) is -0.821. The van der Waals surface area contributed by atoms with Crippen LogP contribution in [0.2, 0.25) is 0 Å². The number of carboxylic acids is 1. The molecule has 0 aromatic rings. The highest BCUT2D eigenvalue weighted by Gasteiger charge is 2.23. The van der Waals surface area contributed by atoms with Gasteiger partial charge in [0, 0.05) is 19.1 Å². The highest BCUT2D eigenvalue weighted by molar-refractivity contribution is 5.82. The molecule has 0 radical (unpaired) electrons. The van der Waals surface area contributed by atoms with Gasteiger partial charge >= 0.3 is 12.0 Å². The molecule has 0 aliphatic heterocycles. The quantitative estimate of drug-likeness (QED) is 0.619. The molecular weight excluding hydrogens is 246 g/mol. The minimum absolute atomic E-state index is 0.147. The van der Waals surface area contributed by atoms with Crippen LogP contribution < -0.4 is 10.6 Å². The molecule has 6 nitrogen and oxygen atoms in total. The summed E-state index contributed by atoms with van der Waals surface area (Å²) in [6.45, 7) is 8.99. The lowest BCUT2D eigenvalue weighted by Gasteiger charge is -2.24. The van der Waals surface area contributed by atoms with Crippen LogP contribution in [-0.4, -0.2) is 54.2 Å². The minimum Gasteiger partial charge on any atom is -0.480 e. The molecule has 0 aromatic carbocycles. The third-order valence-corrected chi connectivity index (χ3v) is 3.31. The van der Waals surface area contributed by atoms with Crippen LogP contribution >= 0.6 is 0 Å². The fourth-order valence-electron chi connectivity index (χ4n) is 1.58. The Morgan fingerprint density at radius 2 is 1.84 bits per heavy atom. The van der Waals surface area contributed by atoms with Crippen molar-refractivity contribution in [3.05, 3.63) is 0 Å². The second-order valence-corrected chi connectivity index (χ2v) is 5.20. The van der Waals surface area contributed by atoms with Crippen molar-refractivity contribution in [1.29, 1.82) is 0 Å². The van der Waals surface area contributed by atoms with Crippen LogP contribution in [0.5, 0.6) is 0 Å². The molecule has 0 aliphatic carbocycles. The lowest BCUT2D eigenvalue weighted by Crippen LogP contribution is -2.49. The van der Waals surface area contributed by atoms with Gasteiger partial charge in [-0.25, -0.2) is 9.59 Å². The van der Waals surface area contributed by atoms with Crippen molar-refractivity contribution in [3.63, 3.8) is 0 Å². The summed E-state index contributed by atoms with van der Waals surface area (Å²) in [4.78, 5) is 24.7. The fraction of sp³-hybridized carbons (Fsp3) is 0.846. The van der Waals surface area contributed by atoms with Crippen LogP contribution in [0.1, 0.15) is 34.1 Å². The third kappa shape index (κ3) is 7.00. The van der Waals surface area contributed by atoms with E-state index in [0.717, 1.165) is 13.0 Å². The van der Waals surface area contributed by atoms with E-state index in [1.807, 2.05) is 7.05 Å². The smallest absolute Gasteiger partial charge is 0.326 e. The van der Waals surface area contributed by atoms with Crippen LogP contribution in [-0.2, 0) is 4.79 Å². The van der Waals surface area contributed by atoms with Crippen molar-refractivity contribution < 1.29 is 14.7 Å². The molecule has 0 heterocycles. The van der Waals surface area contributed by atoms with Gasteiger partial charge in [0.05, 0.1) is 0 Å². The van der Waals surface area contributed by atoms with Crippen LogP contribution in [0.25, 0.3) is 0 Å². The zero-order valence-electron chi connectivity index (χ0n) is 12.6. The number of rotatable bonds is 8. The molecule has 0 aromatic heterocycles. The van der Waals surface area contributed by atoms with E-state index in [2.05, 4.69) is 29.4 Å². The van der Waals surface area contributed by atoms with Gasteiger partial charge in [-0.1, -0.05) is 20.8 Å². The van der Waals surface area contributed by atoms with Gasteiger partial charge in [-0.3, -0.25) is 0 Å². The van der Waals surface area contributed by atoms with Crippen LogP contribution in [0.4, 0.5) is 4.79 Å². The molecule has 0 spiro atoms. The first-order valence-corrected chi connectivity index (χ1v) is 6.77. The van der Waals surface area contributed by atoms with Crippen LogP contribution in [0.3, 0.4) is 0 Å². The number of carboxylic acid groups (broad SMARTS) is 1. The molecule has 0 saturated carbocycles. The van der Waals surface area contributed by atoms with E-state index in [1.54, 1.807) is 13.8 Å². The molecule has 0 rings (SSSR count). The zero-order valence-corrected chi connectivity index (χ0v) is 12.6. The summed E-state index contributed by atoms with van der Waals surface area (Å²) in [7, 11) is 2.00. The summed E-state index contributed by atoms with van der Waals surface area (Å²) >= 11 is 0. The maximum atomic E-state index is 11.6. The maximum absolute atomic E-state index is 11.6. The van der Waals surface area contributed by atoms with Gasteiger partial charge in [-0.15, -0.1) is 0 Å². The van der Waals surface area contributed by atoms with Crippen molar-refractivity contribution in [3.8, 4) is 0 Å². The van der Waals surface area contributed by atoms with E-state index in [4.69, 9.17) is 5.11 Å². The molecule has 0 fully saturated rings. The Kier molecular flexibility index (Phi) is 8.14. The molecular formula is C13H27N3O3. The number of nitrogens with one attached hydrogen (secondary N) is 2. The predicted octanol–water partition coefficient (Wildman–Crippen LogP) is 1.13. The van der Waals surface area contributed by atoms with Gasteiger partial charge < -0.3 is 20.6 Å². The number of nitrogens with zero attached hydrogens (tertiary/aromatic N) is 1. The van der Waals surface area contributed by atoms with Gasteiger partial charge in [-0.05, 0) is 26.3 Å². The molecule has 112 valence electrons. The Bertz CT molecular complexity index is 295. The molecule has 3 N–H and O–H groups in total. The Hall–Kier alpha value is -1.30. The van der Waals surface area contributed by atoms with Crippen molar-refractivity contribution >= 4 is 12.0 Å². The Labute approximate surface area is 115 Å². The second kappa shape index (κ2) is 8.74. The monoisotopic (exact) mass is 273 g/mol. The lowest BCUT2D eigenvalue weighted by molar-refractivity contribution is -0.140. The zero-order chi connectivity index (χ0) is 15.0. The lowest BCUT2D eigenvalue weighted by atomic mass is 10.1. The van der Waals surface area contributed by atoms with E-state index < -0.39 is 18.0 Å². The largest absolute Gasteiger partial charge is 0.480 e. The number of hydrogen-bond acceptors (Lipinski definition) is 3. The highest BCUT2D eigenvalue weighted by atomic mass is 16.4. The van der Waals surface area contributed by atoms with Gasteiger partial charge in [0.1, 0.15) is 6.04 Å². The first kappa shape index (κ1) is 17.7. The van der Waals surface area contributed by atoms with E-state index in [0.29, 0.717) is 12.6 Å². The SMILES string of the molecule is CCC(C)N(C)CCNC(=O)N[C@H](C(=O)O)C(C)C. The normalized spacial score (nSPS) is 14.3. The number of amides is 2. The number of likely N-dealkylation sites (N-methyl/N-ethyl adjacent to an activating group) is 1. The molecule has 1 unspecified atom stereocenters. The van der Waals surface area contributed by atoms with Gasteiger partial charge in [0.15, 0.2) is 0 Å². The minimum atomic E-state index is -1.01. The Morgan fingerprint density at radius 1 is 1.26 bits per heavy atom. The van der Waals surface area contributed by atoms with Gasteiger partial charge in [-0.2, -0.15) is 0 Å². The molecule has 0 aliphatic rings. The van der Waals surface area contributed by atoms with E-state index in [9.17, 15) is 9.59 Å². The van der Waals surface area contributed by atoms with Crippen LogP contribution in [0, 0.1) is 5.92 Å². The highest BCUT2D eigenvalue weighted by Crippen LogP contribution is 2.01. The van der Waals surface area contributed by atoms with Gasteiger partial charge in [0.2, 0.25) is 0 Å². The molecule has 0 bridgehead atoms. The van der Waals surface area contributed by atoms with E-state index in [-0.39, 0.29) is 5.92 Å². The number of hydrogen-bond donors (Lipinski definition) is 3. The summed E-state index contributed by atoms with van der Waals surface area (Å²) in [5.41, 5.74) is 0. The van der Waals surface area contributed by atoms with Crippen molar-refractivity contribution in [2.75, 3.05) is 20.1 Å². The van der Waals surface area contributed by atoms with E-state index >= 15 is 0 Å². The summed E-state index contributed by atoms with van der Waals surface area (Å²) < 4.78 is 0. The van der Waals surface area contributed by atoms with E-state index in [1.165, 1.54) is 0 Å². The topological polar surface area (TPSA) is 81.7 Å². The average Bonchev–Trinajstić information content (AvgIpc) is 2.33. The third-order valence-electron chi connectivity index (χ3n) is 3.31. The summed E-state index contributed by atoms with van der Waals surface area (Å²) in [5, 5.41) is 14.1. The molecule has 6 heteroatoms. The number of carbonyl (C=O) groups excluding carboxylic acids is 1. The molecule has 19 heavy (non-hydrogen) atoms. The Morgan fingerprint density at radius 3 is 2.26 bits per heavy atom. The number of aliphatic carboxylic acids is 1. The Balaban J connectivity index is 4.02. The summed E-state index contributed by atoms with van der Waals surface area (Å²) in [6.07, 6.45) is 1.05. The van der Waals surface area contributed by atoms with Crippen LogP contribution in [0.15, 0.2) is 0 Å².